The van der Waals surface area contributed by atoms with Crippen LogP contribution in [-0.2, 0) is 0 Å². The van der Waals surface area contributed by atoms with Gasteiger partial charge in [0.25, 0.3) is 0 Å². The largest absolute Gasteiger partial charge is 0.288 e. The second-order valence-electron chi connectivity index (χ2n) is 2.79. The quantitative estimate of drug-likeness (QED) is 0.396. The number of nitrogens with zero attached hydrogens (tertiary/aromatic N) is 6. The highest BCUT2D eigenvalue weighted by molar-refractivity contribution is 4.87. The molecule has 0 saturated heterocycles. The lowest BCUT2D eigenvalue weighted by atomic mass is 10.7. The van der Waals surface area contributed by atoms with Gasteiger partial charge in [0.2, 0.25) is 0 Å². The summed E-state index contributed by atoms with van der Waals surface area (Å²) in [7, 11) is 0. The second kappa shape index (κ2) is 3.82. The van der Waals surface area contributed by atoms with Crippen LogP contribution in [0, 0.1) is 10.1 Å². The first-order valence-corrected chi connectivity index (χ1v) is 4.25. The minimum absolute atomic E-state index is 0.339. The highest BCUT2D eigenvalue weighted by Gasteiger charge is 2.24. The van der Waals surface area contributed by atoms with Gasteiger partial charge >= 0.3 is 0 Å². The molecule has 80 valence electrons. The van der Waals surface area contributed by atoms with Crippen molar-refractivity contribution in [3.8, 4) is 0 Å². The molecule has 0 bridgehead atoms. The molecule has 1 N–H and O–H groups in total. The van der Waals surface area contributed by atoms with Crippen molar-refractivity contribution in [3.63, 3.8) is 0 Å². The predicted octanol–water partition coefficient (Wildman–Crippen LogP) is -0.159. The molecule has 2 rings (SSSR count). The lowest BCUT2D eigenvalue weighted by Gasteiger charge is -2.16. The first kappa shape index (κ1) is 9.24. The summed E-state index contributed by atoms with van der Waals surface area (Å²) in [6.45, 7) is 0.926. The van der Waals surface area contributed by atoms with Crippen LogP contribution in [0.2, 0.25) is 0 Å². The molecule has 0 unspecified atom stereocenters. The van der Waals surface area contributed by atoms with E-state index in [2.05, 4.69) is 15.9 Å². The zero-order valence-corrected chi connectivity index (χ0v) is 7.72. The monoisotopic (exact) mass is 211 g/mol. The van der Waals surface area contributed by atoms with Gasteiger partial charge < -0.3 is 0 Å². The molecule has 9 nitrogen and oxygen atoms in total. The van der Waals surface area contributed by atoms with E-state index in [1.165, 1.54) is 11.3 Å². The van der Waals surface area contributed by atoms with Crippen molar-refractivity contribution in [3.05, 3.63) is 34.7 Å². The van der Waals surface area contributed by atoms with Crippen LogP contribution < -0.4 is 5.43 Å². The highest BCUT2D eigenvalue weighted by Crippen LogP contribution is 2.08. The summed E-state index contributed by atoms with van der Waals surface area (Å²) < 4.78 is 0. The fourth-order valence-corrected chi connectivity index (χ4v) is 1.11. The molecular weight excluding hydrogens is 202 g/mol. The van der Waals surface area contributed by atoms with Crippen molar-refractivity contribution in [1.29, 1.82) is 0 Å². The lowest BCUT2D eigenvalue weighted by Crippen LogP contribution is -2.36. The van der Waals surface area contributed by atoms with Crippen LogP contribution in [0.1, 0.15) is 0 Å². The number of hydrogen-bond donors (Lipinski definition) is 1. The molecule has 0 aliphatic carbocycles. The predicted molar refractivity (Wildman–Crippen MR) is 48.5 cm³/mol. The molecule has 2 heterocycles. The molecule has 0 aromatic rings. The Morgan fingerprint density at radius 3 is 2.87 bits per heavy atom. The Hall–Kier alpha value is -2.32. The maximum absolute atomic E-state index is 10.5. The van der Waals surface area contributed by atoms with Crippen molar-refractivity contribution in [2.75, 3.05) is 13.1 Å². The summed E-state index contributed by atoms with van der Waals surface area (Å²) in [6.07, 6.45) is 6.52. The number of nitro groups is 1. The van der Waals surface area contributed by atoms with E-state index in [0.29, 0.717) is 13.1 Å². The molecule has 0 amide bonds. The van der Waals surface area contributed by atoms with E-state index in [0.717, 1.165) is 10.2 Å². The van der Waals surface area contributed by atoms with Gasteiger partial charge in [-0.15, -0.1) is 5.12 Å². The zero-order valence-electron chi connectivity index (χ0n) is 7.72. The molecule has 0 aromatic carbocycles. The van der Waals surface area contributed by atoms with Gasteiger partial charge in [-0.1, -0.05) is 0 Å². The van der Waals surface area contributed by atoms with Crippen molar-refractivity contribution < 1.29 is 5.03 Å². The Bertz CT molecular complexity index is 330. The average Bonchev–Trinajstić information content (AvgIpc) is 2.86. The highest BCUT2D eigenvalue weighted by atomic mass is 16.7. The SMILES string of the molecule is O=[N+]([O-])N1C=CCN1N=NN1CC=CN1. The molecule has 0 fully saturated rings. The normalized spacial score (nSPS) is 19.3. The van der Waals surface area contributed by atoms with Gasteiger partial charge in [0.05, 0.1) is 19.3 Å². The lowest BCUT2D eigenvalue weighted by molar-refractivity contribution is -0.680. The van der Waals surface area contributed by atoms with Gasteiger partial charge in [-0.25, -0.2) is 10.1 Å². The Kier molecular flexibility index (Phi) is 2.35. The maximum Gasteiger partial charge on any atom is 0.187 e. The van der Waals surface area contributed by atoms with Gasteiger partial charge in [-0.05, 0) is 22.6 Å². The summed E-state index contributed by atoms with van der Waals surface area (Å²) in [4.78, 5) is 10.5. The van der Waals surface area contributed by atoms with Crippen LogP contribution in [0.5, 0.6) is 0 Å². The number of hydrogen-bond acceptors (Lipinski definition) is 5. The standard InChI is InChI=1S/C6H9N7O2/c14-13(15)12-6-2-5-11(12)9-8-10-4-1-3-7-10/h1-3,6-7H,4-5H2. The fraction of sp³-hybridized carbons (Fsp3) is 0.333. The summed E-state index contributed by atoms with van der Waals surface area (Å²) in [5, 5.41) is 20.8. The van der Waals surface area contributed by atoms with E-state index in [1.54, 1.807) is 12.3 Å². The minimum Gasteiger partial charge on any atom is -0.288 e. The molecule has 0 aromatic heterocycles. The van der Waals surface area contributed by atoms with E-state index in [9.17, 15) is 10.1 Å². The fourth-order valence-electron chi connectivity index (χ4n) is 1.11. The first-order valence-electron chi connectivity index (χ1n) is 4.25. The third-order valence-corrected chi connectivity index (χ3v) is 1.78. The molecule has 0 atom stereocenters. The van der Waals surface area contributed by atoms with Crippen LogP contribution in [0.4, 0.5) is 0 Å². The van der Waals surface area contributed by atoms with Gasteiger partial charge in [-0.3, -0.25) is 5.43 Å². The molecule has 0 radical (unpaired) electrons. The Labute approximate surface area is 85.0 Å². The molecular formula is C6H9N7O2. The van der Waals surface area contributed by atoms with Gasteiger partial charge in [0.1, 0.15) is 0 Å². The molecule has 9 heteroatoms. The topological polar surface area (TPSA) is 89.6 Å². The Morgan fingerprint density at radius 2 is 2.20 bits per heavy atom. The second-order valence-corrected chi connectivity index (χ2v) is 2.79. The summed E-state index contributed by atoms with van der Waals surface area (Å²) >= 11 is 0. The molecule has 2 aliphatic heterocycles. The van der Waals surface area contributed by atoms with Gasteiger partial charge in [-0.2, -0.15) is 5.12 Å². The van der Waals surface area contributed by atoms with E-state index < -0.39 is 5.03 Å². The van der Waals surface area contributed by atoms with Crippen LogP contribution in [0.25, 0.3) is 0 Å². The van der Waals surface area contributed by atoms with E-state index in [4.69, 9.17) is 0 Å². The van der Waals surface area contributed by atoms with Crippen LogP contribution in [-0.4, -0.2) is 33.5 Å². The van der Waals surface area contributed by atoms with Gasteiger partial charge in [0.15, 0.2) is 5.03 Å². The van der Waals surface area contributed by atoms with Crippen LogP contribution >= 0.6 is 0 Å². The van der Waals surface area contributed by atoms with Crippen molar-refractivity contribution in [2.24, 2.45) is 10.4 Å². The molecule has 0 spiro atoms. The Morgan fingerprint density at radius 1 is 1.33 bits per heavy atom. The third kappa shape index (κ3) is 1.95. The third-order valence-electron chi connectivity index (χ3n) is 1.78. The molecule has 15 heavy (non-hydrogen) atoms. The van der Waals surface area contributed by atoms with Crippen molar-refractivity contribution in [1.82, 2.24) is 20.8 Å². The van der Waals surface area contributed by atoms with Crippen LogP contribution in [0.3, 0.4) is 0 Å². The van der Waals surface area contributed by atoms with E-state index >= 15 is 0 Å². The number of nitrogens with one attached hydrogen (secondary N) is 1. The smallest absolute Gasteiger partial charge is 0.187 e. The van der Waals surface area contributed by atoms with Crippen molar-refractivity contribution >= 4 is 0 Å². The van der Waals surface area contributed by atoms with Crippen molar-refractivity contribution in [2.45, 2.75) is 0 Å². The number of rotatable bonds is 3. The van der Waals surface area contributed by atoms with Crippen LogP contribution in [0.15, 0.2) is 35.0 Å². The van der Waals surface area contributed by atoms with E-state index in [-0.39, 0.29) is 0 Å². The molecule has 0 saturated carbocycles. The van der Waals surface area contributed by atoms with Gasteiger partial charge in [0, 0.05) is 11.3 Å². The van der Waals surface area contributed by atoms with E-state index in [1.807, 2.05) is 6.08 Å². The summed E-state index contributed by atoms with van der Waals surface area (Å²) in [5.74, 6) is 0. The maximum atomic E-state index is 10.5. The summed E-state index contributed by atoms with van der Waals surface area (Å²) in [6, 6.07) is 0. The zero-order chi connectivity index (χ0) is 10.7. The first-order chi connectivity index (χ1) is 7.27. The Balaban J connectivity index is 1.91. The minimum atomic E-state index is -0.571. The number of hydrazine groups is 3. The summed E-state index contributed by atoms with van der Waals surface area (Å²) in [5.41, 5.74) is 2.78. The average molecular weight is 211 g/mol. The molecule has 2 aliphatic rings.